The summed E-state index contributed by atoms with van der Waals surface area (Å²) >= 11 is 6.00. The van der Waals surface area contributed by atoms with Crippen LogP contribution in [0, 0.1) is 11.0 Å². The van der Waals surface area contributed by atoms with Gasteiger partial charge in [0.1, 0.15) is 12.4 Å². The monoisotopic (exact) mass is 581 g/mol. The SMILES string of the molecule is [O-][n+]1cc(-c2c(-n3cnnn3)ccc(Cl)c2F)ccc1C(CCOC(F)F)n1cc(-c2cncn2C(F)F)cn1. The summed E-state index contributed by atoms with van der Waals surface area (Å²) in [6.45, 7) is -6.37. The van der Waals surface area contributed by atoms with Crippen molar-refractivity contribution in [3.63, 3.8) is 0 Å². The third-order valence-corrected chi connectivity index (χ3v) is 6.26. The Bertz CT molecular complexity index is 1610. The number of halogens is 6. The molecule has 0 saturated heterocycles. The number of imidazole rings is 1. The fraction of sp³-hybridized carbons (Fsp3) is 0.217. The van der Waals surface area contributed by atoms with Crippen LogP contribution < -0.4 is 4.73 Å². The van der Waals surface area contributed by atoms with Crippen LogP contribution in [0.2, 0.25) is 5.02 Å². The van der Waals surface area contributed by atoms with Gasteiger partial charge in [0.25, 0.3) is 0 Å². The first-order valence-corrected chi connectivity index (χ1v) is 11.8. The zero-order valence-corrected chi connectivity index (χ0v) is 20.8. The maximum absolute atomic E-state index is 15.2. The summed E-state index contributed by atoms with van der Waals surface area (Å²) in [5.41, 5.74) is 0.599. The molecule has 0 bridgehead atoms. The summed E-state index contributed by atoms with van der Waals surface area (Å²) in [4.78, 5) is 3.73. The highest BCUT2D eigenvalue weighted by molar-refractivity contribution is 6.31. The average Bonchev–Trinajstić information content (AvgIpc) is 3.70. The van der Waals surface area contributed by atoms with Crippen molar-refractivity contribution < 1.29 is 31.4 Å². The number of aromatic nitrogens is 9. The van der Waals surface area contributed by atoms with E-state index in [1.54, 1.807) is 0 Å². The van der Waals surface area contributed by atoms with Crippen LogP contribution in [0.4, 0.5) is 22.0 Å². The maximum Gasteiger partial charge on any atom is 0.345 e. The minimum absolute atomic E-state index is 0.0324. The molecule has 0 amide bonds. The highest BCUT2D eigenvalue weighted by Crippen LogP contribution is 2.34. The Balaban J connectivity index is 1.54. The van der Waals surface area contributed by atoms with Gasteiger partial charge in [-0.3, -0.25) is 9.25 Å². The van der Waals surface area contributed by atoms with Gasteiger partial charge in [0.2, 0.25) is 5.69 Å². The zero-order chi connectivity index (χ0) is 28.4. The highest BCUT2D eigenvalue weighted by atomic mass is 35.5. The minimum atomic E-state index is -3.05. The fourth-order valence-electron chi connectivity index (χ4n) is 4.18. The van der Waals surface area contributed by atoms with Crippen LogP contribution in [0.1, 0.15) is 24.7 Å². The second-order valence-corrected chi connectivity index (χ2v) is 8.69. The first-order valence-electron chi connectivity index (χ1n) is 11.4. The predicted octanol–water partition coefficient (Wildman–Crippen LogP) is 4.43. The van der Waals surface area contributed by atoms with Crippen LogP contribution in [-0.2, 0) is 4.74 Å². The predicted molar refractivity (Wildman–Crippen MR) is 128 cm³/mol. The number of ether oxygens (including phenoxy) is 1. The first-order chi connectivity index (χ1) is 19.2. The normalized spacial score (nSPS) is 12.5. The Labute approximate surface area is 226 Å². The lowest BCUT2D eigenvalue weighted by Gasteiger charge is -2.18. The molecule has 4 heterocycles. The molecule has 0 radical (unpaired) electrons. The molecule has 4 aromatic heterocycles. The van der Waals surface area contributed by atoms with Gasteiger partial charge < -0.3 is 9.94 Å². The van der Waals surface area contributed by atoms with Crippen molar-refractivity contribution in [3.8, 4) is 28.1 Å². The Kier molecular flexibility index (Phi) is 7.70. The summed E-state index contributed by atoms with van der Waals surface area (Å²) < 4.78 is 75.1. The second kappa shape index (κ2) is 11.4. The molecular formula is C23H17ClF5N9O2. The van der Waals surface area contributed by atoms with E-state index in [4.69, 9.17) is 11.6 Å². The van der Waals surface area contributed by atoms with Crippen molar-refractivity contribution >= 4 is 11.6 Å². The van der Waals surface area contributed by atoms with Crippen molar-refractivity contribution in [1.82, 2.24) is 39.5 Å². The molecular weight excluding hydrogens is 565 g/mol. The van der Waals surface area contributed by atoms with Crippen molar-refractivity contribution in [3.05, 3.63) is 83.4 Å². The van der Waals surface area contributed by atoms with E-state index in [2.05, 4.69) is 30.3 Å². The Morgan fingerprint density at radius 3 is 2.58 bits per heavy atom. The number of hydrogen-bond acceptors (Lipinski definition) is 7. The largest absolute Gasteiger partial charge is 0.618 e. The molecule has 1 atom stereocenters. The molecule has 0 aliphatic carbocycles. The summed E-state index contributed by atoms with van der Waals surface area (Å²) in [7, 11) is 0. The third-order valence-electron chi connectivity index (χ3n) is 5.97. The molecule has 0 spiro atoms. The number of rotatable bonds is 10. The molecule has 0 fully saturated rings. The van der Waals surface area contributed by atoms with E-state index in [-0.39, 0.29) is 45.2 Å². The van der Waals surface area contributed by atoms with Crippen molar-refractivity contribution in [2.45, 2.75) is 25.6 Å². The number of tetrazole rings is 1. The molecule has 5 aromatic rings. The first kappa shape index (κ1) is 27.1. The van der Waals surface area contributed by atoms with E-state index >= 15 is 4.39 Å². The molecule has 0 saturated carbocycles. The van der Waals surface area contributed by atoms with Gasteiger partial charge in [0, 0.05) is 24.2 Å². The van der Waals surface area contributed by atoms with Gasteiger partial charge in [-0.25, -0.2) is 9.37 Å². The number of alkyl halides is 4. The number of benzene rings is 1. The Morgan fingerprint density at radius 2 is 1.88 bits per heavy atom. The van der Waals surface area contributed by atoms with Gasteiger partial charge >= 0.3 is 13.2 Å². The van der Waals surface area contributed by atoms with Crippen LogP contribution in [-0.4, -0.2) is 52.8 Å². The van der Waals surface area contributed by atoms with Gasteiger partial charge in [-0.2, -0.15) is 32.1 Å². The van der Waals surface area contributed by atoms with E-state index in [1.807, 2.05) is 0 Å². The standard InChI is InChI=1S/C23H17ClF5N9O2/c24-15-2-4-18(37-12-31-33-34-37)20(21(15)25)13-1-3-17(38(39)10-13)16(5-6-40-23(28)29)36-9-14(7-32-36)19-8-30-11-35(19)22(26)27/h1-4,7-12,16,22-23H,5-6H2. The molecule has 40 heavy (non-hydrogen) atoms. The zero-order valence-electron chi connectivity index (χ0n) is 20.0. The number of pyridine rings is 1. The average molecular weight is 582 g/mol. The van der Waals surface area contributed by atoms with Gasteiger partial charge in [0.15, 0.2) is 12.0 Å². The molecule has 11 nitrogen and oxygen atoms in total. The van der Waals surface area contributed by atoms with Gasteiger partial charge in [-0.15, -0.1) is 5.10 Å². The van der Waals surface area contributed by atoms with Crippen LogP contribution in [0.3, 0.4) is 0 Å². The summed E-state index contributed by atoms with van der Waals surface area (Å²) in [5, 5.41) is 28.1. The Morgan fingerprint density at radius 1 is 1.05 bits per heavy atom. The van der Waals surface area contributed by atoms with Crippen LogP contribution >= 0.6 is 11.6 Å². The molecule has 1 unspecified atom stereocenters. The van der Waals surface area contributed by atoms with Crippen molar-refractivity contribution in [2.24, 2.45) is 0 Å². The van der Waals surface area contributed by atoms with E-state index in [1.165, 1.54) is 58.5 Å². The molecule has 1 aromatic carbocycles. The van der Waals surface area contributed by atoms with Crippen molar-refractivity contribution in [1.29, 1.82) is 0 Å². The third kappa shape index (κ3) is 5.35. The molecule has 0 aliphatic rings. The van der Waals surface area contributed by atoms with E-state index < -0.39 is 31.6 Å². The number of hydrogen-bond donors (Lipinski definition) is 0. The molecule has 0 N–H and O–H groups in total. The lowest BCUT2D eigenvalue weighted by molar-refractivity contribution is -0.615. The van der Waals surface area contributed by atoms with Crippen LogP contribution in [0.15, 0.2) is 61.7 Å². The lowest BCUT2D eigenvalue weighted by Crippen LogP contribution is -2.36. The smallest absolute Gasteiger partial charge is 0.345 e. The lowest BCUT2D eigenvalue weighted by atomic mass is 10.0. The summed E-state index contributed by atoms with van der Waals surface area (Å²) in [6, 6.07) is 4.61. The second-order valence-electron chi connectivity index (χ2n) is 8.29. The fourth-order valence-corrected chi connectivity index (χ4v) is 4.34. The molecule has 208 valence electrons. The van der Waals surface area contributed by atoms with Crippen LogP contribution in [0.25, 0.3) is 28.1 Å². The quantitative estimate of drug-likeness (QED) is 0.136. The van der Waals surface area contributed by atoms with E-state index in [0.29, 0.717) is 9.30 Å². The Hall–Kier alpha value is -4.44. The highest BCUT2D eigenvalue weighted by Gasteiger charge is 2.27. The van der Waals surface area contributed by atoms with Gasteiger partial charge in [-0.05, 0) is 28.6 Å². The minimum Gasteiger partial charge on any atom is -0.618 e. The van der Waals surface area contributed by atoms with Gasteiger partial charge in [0.05, 0.1) is 52.9 Å². The summed E-state index contributed by atoms with van der Waals surface area (Å²) in [5.74, 6) is -0.823. The molecule has 17 heteroatoms. The maximum atomic E-state index is 15.2. The van der Waals surface area contributed by atoms with Crippen LogP contribution in [0.5, 0.6) is 0 Å². The van der Waals surface area contributed by atoms with E-state index in [0.717, 1.165) is 12.5 Å². The topological polar surface area (TPSA) is 115 Å². The number of nitrogens with zero attached hydrogens (tertiary/aromatic N) is 9. The van der Waals surface area contributed by atoms with Crippen molar-refractivity contribution in [2.75, 3.05) is 6.61 Å². The molecule has 5 rings (SSSR count). The molecule has 0 aliphatic heterocycles. The summed E-state index contributed by atoms with van der Waals surface area (Å²) in [6.07, 6.45) is 7.00. The van der Waals surface area contributed by atoms with Gasteiger partial charge in [-0.1, -0.05) is 11.6 Å². The van der Waals surface area contributed by atoms with E-state index in [9.17, 15) is 22.8 Å².